The van der Waals surface area contributed by atoms with Crippen LogP contribution in [0.2, 0.25) is 0 Å². The summed E-state index contributed by atoms with van der Waals surface area (Å²) < 4.78 is 0. The van der Waals surface area contributed by atoms with E-state index < -0.39 is 17.9 Å². The molecular weight excluding hydrogens is 378 g/mol. The summed E-state index contributed by atoms with van der Waals surface area (Å²) in [5.41, 5.74) is 0.115. The van der Waals surface area contributed by atoms with Crippen molar-refractivity contribution < 1.29 is 19.2 Å². The number of thioether (sulfide) groups is 1. The first-order chi connectivity index (χ1) is 11.5. The zero-order chi connectivity index (χ0) is 17.7. The Morgan fingerprint density at radius 1 is 1.58 bits per heavy atom. The SMILES string of the molecule is CON=C(C(=O)N[C@@H]1C(=O)N[C@@H]1SC)c1csc(NC(=O)CCl)n1. The highest BCUT2D eigenvalue weighted by molar-refractivity contribution is 7.99. The summed E-state index contributed by atoms with van der Waals surface area (Å²) in [6, 6.07) is -0.649. The number of carbonyl (C=O) groups excluding carboxylic acids is 3. The van der Waals surface area contributed by atoms with Gasteiger partial charge >= 0.3 is 0 Å². The molecule has 9 nitrogen and oxygen atoms in total. The lowest BCUT2D eigenvalue weighted by atomic mass is 10.1. The molecule has 1 aromatic heterocycles. The molecule has 2 rings (SSSR count). The average molecular weight is 392 g/mol. The van der Waals surface area contributed by atoms with Crippen molar-refractivity contribution >= 4 is 63.3 Å². The molecule has 0 radical (unpaired) electrons. The monoisotopic (exact) mass is 391 g/mol. The van der Waals surface area contributed by atoms with E-state index in [1.807, 2.05) is 6.26 Å². The molecule has 1 saturated heterocycles. The van der Waals surface area contributed by atoms with Crippen LogP contribution >= 0.6 is 34.7 Å². The second kappa shape index (κ2) is 8.31. The van der Waals surface area contributed by atoms with Gasteiger partial charge in [0.05, 0.1) is 0 Å². The summed E-state index contributed by atoms with van der Waals surface area (Å²) in [6.07, 6.45) is 1.82. The Balaban J connectivity index is 2.11. The van der Waals surface area contributed by atoms with Crippen LogP contribution in [0.4, 0.5) is 5.13 Å². The average Bonchev–Trinajstić information content (AvgIpc) is 3.02. The maximum atomic E-state index is 12.4. The molecule has 0 aromatic carbocycles. The number of anilines is 1. The van der Waals surface area contributed by atoms with E-state index in [4.69, 9.17) is 11.6 Å². The minimum absolute atomic E-state index is 0.0975. The normalized spacial score (nSPS) is 20.0. The Morgan fingerprint density at radius 2 is 2.33 bits per heavy atom. The summed E-state index contributed by atoms with van der Waals surface area (Å²) >= 11 is 7.93. The quantitative estimate of drug-likeness (QED) is 0.260. The van der Waals surface area contributed by atoms with Crippen molar-refractivity contribution in [3.8, 4) is 0 Å². The molecule has 3 N–H and O–H groups in total. The molecule has 3 amide bonds. The van der Waals surface area contributed by atoms with Gasteiger partial charge in [-0.2, -0.15) is 0 Å². The Bertz CT molecular complexity index is 680. The molecule has 12 heteroatoms. The Labute approximate surface area is 150 Å². The fourth-order valence-corrected chi connectivity index (χ4v) is 3.26. The Hall–Kier alpha value is -1.85. The third kappa shape index (κ3) is 4.16. The standard InChI is InChI=1S/C12H14ClN5O4S2/c1-22-18-7(5-4-24-12(14-5)15-6(19)3-13)9(20)16-8-10(21)17-11(8)23-2/h4,8,11H,3H2,1-2H3,(H,16,20)(H,17,21)(H,14,15,19)/t8-,11-/m1/s1. The van der Waals surface area contributed by atoms with E-state index in [2.05, 4.69) is 30.9 Å². The Morgan fingerprint density at radius 3 is 2.92 bits per heavy atom. The van der Waals surface area contributed by atoms with Gasteiger partial charge in [0, 0.05) is 5.38 Å². The van der Waals surface area contributed by atoms with Crippen molar-refractivity contribution in [2.24, 2.45) is 5.16 Å². The fraction of sp³-hybridized carbons (Fsp3) is 0.417. The predicted molar refractivity (Wildman–Crippen MR) is 92.4 cm³/mol. The van der Waals surface area contributed by atoms with Crippen molar-refractivity contribution in [1.82, 2.24) is 15.6 Å². The molecule has 1 fully saturated rings. The highest BCUT2D eigenvalue weighted by Crippen LogP contribution is 2.19. The number of hydrogen-bond donors (Lipinski definition) is 3. The smallest absolute Gasteiger partial charge is 0.276 e. The molecule has 0 spiro atoms. The van der Waals surface area contributed by atoms with E-state index in [1.54, 1.807) is 0 Å². The van der Waals surface area contributed by atoms with E-state index in [1.165, 1.54) is 24.3 Å². The van der Waals surface area contributed by atoms with Gasteiger partial charge in [-0.05, 0) is 6.26 Å². The molecule has 0 aliphatic carbocycles. The summed E-state index contributed by atoms with van der Waals surface area (Å²) in [5, 5.41) is 13.0. The van der Waals surface area contributed by atoms with E-state index >= 15 is 0 Å². The van der Waals surface area contributed by atoms with Crippen molar-refractivity contribution in [1.29, 1.82) is 0 Å². The van der Waals surface area contributed by atoms with Gasteiger partial charge in [-0.25, -0.2) is 4.98 Å². The van der Waals surface area contributed by atoms with E-state index in [0.29, 0.717) is 0 Å². The number of β-lactam (4-membered cyclic amide) rings is 1. The summed E-state index contributed by atoms with van der Waals surface area (Å²) in [7, 11) is 1.29. The van der Waals surface area contributed by atoms with Gasteiger partial charge in [-0.1, -0.05) is 5.16 Å². The minimum atomic E-state index is -0.649. The number of nitrogens with zero attached hydrogens (tertiary/aromatic N) is 2. The first-order valence-electron chi connectivity index (χ1n) is 6.57. The van der Waals surface area contributed by atoms with Gasteiger partial charge in [-0.15, -0.1) is 34.7 Å². The minimum Gasteiger partial charge on any atom is -0.398 e. The molecule has 0 bridgehead atoms. The second-order valence-electron chi connectivity index (χ2n) is 4.46. The number of aromatic nitrogens is 1. The van der Waals surface area contributed by atoms with Gasteiger partial charge < -0.3 is 20.8 Å². The van der Waals surface area contributed by atoms with Crippen LogP contribution in [0.3, 0.4) is 0 Å². The van der Waals surface area contributed by atoms with E-state index in [0.717, 1.165) is 11.3 Å². The first kappa shape index (κ1) is 18.5. The highest BCUT2D eigenvalue weighted by atomic mass is 35.5. The van der Waals surface area contributed by atoms with Crippen LogP contribution in [0, 0.1) is 0 Å². The van der Waals surface area contributed by atoms with Crippen LogP contribution in [0.15, 0.2) is 10.5 Å². The number of oxime groups is 1. The largest absolute Gasteiger partial charge is 0.398 e. The number of nitrogens with one attached hydrogen (secondary N) is 3. The number of rotatable bonds is 7. The Kier molecular flexibility index (Phi) is 6.40. The second-order valence-corrected chi connectivity index (χ2v) is 6.56. The predicted octanol–water partition coefficient (Wildman–Crippen LogP) is -0.0254. The van der Waals surface area contributed by atoms with Crippen molar-refractivity contribution in [3.63, 3.8) is 0 Å². The third-order valence-electron chi connectivity index (χ3n) is 2.92. The van der Waals surface area contributed by atoms with Gasteiger partial charge in [-0.3, -0.25) is 14.4 Å². The molecular formula is C12H14ClN5O4S2. The molecule has 24 heavy (non-hydrogen) atoms. The van der Waals surface area contributed by atoms with E-state index in [-0.39, 0.29) is 33.7 Å². The maximum Gasteiger partial charge on any atom is 0.276 e. The molecule has 1 aliphatic heterocycles. The number of alkyl halides is 1. The summed E-state index contributed by atoms with van der Waals surface area (Å²) in [6.45, 7) is 0. The number of thiazole rings is 1. The van der Waals surface area contributed by atoms with Gasteiger partial charge in [0.25, 0.3) is 5.91 Å². The van der Waals surface area contributed by atoms with Crippen LogP contribution in [0.25, 0.3) is 0 Å². The molecule has 130 valence electrons. The molecule has 2 atom stereocenters. The fourth-order valence-electron chi connectivity index (χ4n) is 1.79. The molecule has 2 heterocycles. The number of halogens is 1. The topological polar surface area (TPSA) is 122 Å². The molecule has 0 unspecified atom stereocenters. The number of amides is 3. The third-order valence-corrected chi connectivity index (χ3v) is 4.82. The van der Waals surface area contributed by atoms with Crippen LogP contribution in [0.1, 0.15) is 5.69 Å². The summed E-state index contributed by atoms with van der Waals surface area (Å²) in [4.78, 5) is 43.9. The van der Waals surface area contributed by atoms with Crippen molar-refractivity contribution in [3.05, 3.63) is 11.1 Å². The lowest BCUT2D eigenvalue weighted by Crippen LogP contribution is -2.68. The van der Waals surface area contributed by atoms with Crippen LogP contribution in [-0.2, 0) is 19.2 Å². The van der Waals surface area contributed by atoms with E-state index in [9.17, 15) is 14.4 Å². The zero-order valence-electron chi connectivity index (χ0n) is 12.7. The van der Waals surface area contributed by atoms with Crippen molar-refractivity contribution in [2.45, 2.75) is 11.4 Å². The van der Waals surface area contributed by atoms with Crippen LogP contribution in [-0.4, -0.2) is 59.1 Å². The maximum absolute atomic E-state index is 12.4. The molecule has 1 aromatic rings. The zero-order valence-corrected chi connectivity index (χ0v) is 15.0. The van der Waals surface area contributed by atoms with Crippen molar-refractivity contribution in [2.75, 3.05) is 24.6 Å². The first-order valence-corrected chi connectivity index (χ1v) is 9.27. The number of hydrogen-bond acceptors (Lipinski definition) is 8. The van der Waals surface area contributed by atoms with Gasteiger partial charge in [0.1, 0.15) is 30.1 Å². The lowest BCUT2D eigenvalue weighted by molar-refractivity contribution is -0.132. The lowest BCUT2D eigenvalue weighted by Gasteiger charge is -2.35. The molecule has 0 saturated carbocycles. The van der Waals surface area contributed by atoms with Gasteiger partial charge in [0.2, 0.25) is 11.8 Å². The number of carbonyl (C=O) groups is 3. The van der Waals surface area contributed by atoms with Crippen LogP contribution < -0.4 is 16.0 Å². The molecule has 1 aliphatic rings. The van der Waals surface area contributed by atoms with Gasteiger partial charge in [0.15, 0.2) is 10.8 Å². The van der Waals surface area contributed by atoms with Crippen LogP contribution in [0.5, 0.6) is 0 Å². The summed E-state index contributed by atoms with van der Waals surface area (Å²) in [5.74, 6) is -1.49. The highest BCUT2D eigenvalue weighted by Gasteiger charge is 2.40.